The van der Waals surface area contributed by atoms with Gasteiger partial charge < -0.3 is 19.5 Å². The largest absolute Gasteiger partial charge is 0.573 e. The van der Waals surface area contributed by atoms with Crippen LogP contribution in [0.4, 0.5) is 19.0 Å². The molecule has 0 aliphatic carbocycles. The first-order chi connectivity index (χ1) is 14.3. The van der Waals surface area contributed by atoms with Gasteiger partial charge in [-0.3, -0.25) is 0 Å². The lowest BCUT2D eigenvalue weighted by atomic mass is 9.84. The number of hydrogen-bond donors (Lipinski definition) is 1. The van der Waals surface area contributed by atoms with Gasteiger partial charge in [-0.25, -0.2) is 4.98 Å². The SMILES string of the molecule is COCc1cc(N2CCC(O)(c3cccc(OC(F)(F)F)c3)CC2)n2ncnc2n1. The zero-order valence-electron chi connectivity index (χ0n) is 16.1. The first-order valence-corrected chi connectivity index (χ1v) is 9.30. The van der Waals surface area contributed by atoms with E-state index in [1.807, 2.05) is 11.0 Å². The highest BCUT2D eigenvalue weighted by atomic mass is 19.4. The molecule has 0 amide bonds. The van der Waals surface area contributed by atoms with E-state index in [0.29, 0.717) is 49.6 Å². The van der Waals surface area contributed by atoms with E-state index >= 15 is 0 Å². The number of aromatic nitrogens is 4. The van der Waals surface area contributed by atoms with Gasteiger partial charge in [-0.15, -0.1) is 13.2 Å². The molecule has 1 aromatic carbocycles. The third-order valence-electron chi connectivity index (χ3n) is 5.10. The van der Waals surface area contributed by atoms with Gasteiger partial charge in [0.2, 0.25) is 0 Å². The van der Waals surface area contributed by atoms with Gasteiger partial charge in [0.15, 0.2) is 0 Å². The van der Waals surface area contributed by atoms with Crippen molar-refractivity contribution < 1.29 is 27.8 Å². The first kappa shape index (κ1) is 20.4. The molecule has 1 aliphatic heterocycles. The summed E-state index contributed by atoms with van der Waals surface area (Å²) in [6, 6.07) is 7.36. The number of rotatable bonds is 5. The predicted molar refractivity (Wildman–Crippen MR) is 100.0 cm³/mol. The number of anilines is 1. The highest BCUT2D eigenvalue weighted by molar-refractivity contribution is 5.48. The molecule has 30 heavy (non-hydrogen) atoms. The van der Waals surface area contributed by atoms with Gasteiger partial charge in [-0.2, -0.15) is 14.6 Å². The number of nitrogens with zero attached hydrogens (tertiary/aromatic N) is 5. The summed E-state index contributed by atoms with van der Waals surface area (Å²) < 4.78 is 48.3. The molecule has 0 spiro atoms. The number of fused-ring (bicyclic) bond motifs is 1. The second kappa shape index (κ2) is 7.73. The van der Waals surface area contributed by atoms with Crippen LogP contribution in [-0.2, 0) is 16.9 Å². The number of ether oxygens (including phenoxy) is 2. The minimum absolute atomic E-state index is 0.320. The first-order valence-electron chi connectivity index (χ1n) is 9.30. The summed E-state index contributed by atoms with van der Waals surface area (Å²) in [7, 11) is 1.58. The molecule has 1 saturated heterocycles. The van der Waals surface area contributed by atoms with Crippen LogP contribution in [0.5, 0.6) is 5.75 Å². The molecule has 0 atom stereocenters. The van der Waals surface area contributed by atoms with Crippen molar-refractivity contribution in [3.63, 3.8) is 0 Å². The van der Waals surface area contributed by atoms with Crippen molar-refractivity contribution in [3.8, 4) is 5.75 Å². The number of benzene rings is 1. The molecule has 3 heterocycles. The Kier molecular flexibility index (Phi) is 5.24. The van der Waals surface area contributed by atoms with Crippen molar-refractivity contribution >= 4 is 11.6 Å². The number of piperidine rings is 1. The van der Waals surface area contributed by atoms with Crippen LogP contribution in [0, 0.1) is 0 Å². The van der Waals surface area contributed by atoms with Gasteiger partial charge in [0.25, 0.3) is 5.78 Å². The maximum atomic E-state index is 12.5. The molecule has 0 unspecified atom stereocenters. The van der Waals surface area contributed by atoms with Crippen LogP contribution < -0.4 is 9.64 Å². The van der Waals surface area contributed by atoms with Crippen molar-refractivity contribution in [2.75, 3.05) is 25.1 Å². The van der Waals surface area contributed by atoms with Gasteiger partial charge in [-0.05, 0) is 30.5 Å². The van der Waals surface area contributed by atoms with Gasteiger partial charge in [-0.1, -0.05) is 12.1 Å². The average molecular weight is 423 g/mol. The predicted octanol–water partition coefficient (Wildman–Crippen LogP) is 2.66. The van der Waals surface area contributed by atoms with E-state index in [1.165, 1.54) is 24.5 Å². The van der Waals surface area contributed by atoms with Crippen LogP contribution in [0.2, 0.25) is 0 Å². The Hall–Kier alpha value is -2.92. The fourth-order valence-electron chi connectivity index (χ4n) is 3.67. The molecular weight excluding hydrogens is 403 g/mol. The fourth-order valence-corrected chi connectivity index (χ4v) is 3.67. The number of aliphatic hydroxyl groups is 1. The highest BCUT2D eigenvalue weighted by Crippen LogP contribution is 2.36. The van der Waals surface area contributed by atoms with E-state index in [1.54, 1.807) is 17.7 Å². The zero-order valence-corrected chi connectivity index (χ0v) is 16.1. The molecular formula is C19H20F3N5O3. The van der Waals surface area contributed by atoms with E-state index in [0.717, 1.165) is 5.82 Å². The molecule has 0 saturated carbocycles. The quantitative estimate of drug-likeness (QED) is 0.675. The molecule has 1 N–H and O–H groups in total. The minimum Gasteiger partial charge on any atom is -0.406 e. The molecule has 1 aliphatic rings. The van der Waals surface area contributed by atoms with Crippen molar-refractivity contribution in [2.45, 2.75) is 31.4 Å². The third kappa shape index (κ3) is 4.17. The Morgan fingerprint density at radius 1 is 1.20 bits per heavy atom. The van der Waals surface area contributed by atoms with E-state index in [9.17, 15) is 18.3 Å². The van der Waals surface area contributed by atoms with Crippen molar-refractivity contribution in [3.05, 3.63) is 47.9 Å². The highest BCUT2D eigenvalue weighted by Gasteiger charge is 2.36. The summed E-state index contributed by atoms with van der Waals surface area (Å²) in [6.07, 6.45) is -2.73. The number of alkyl halides is 3. The normalized spacial score (nSPS) is 16.8. The van der Waals surface area contributed by atoms with Gasteiger partial charge >= 0.3 is 6.36 Å². The van der Waals surface area contributed by atoms with Gasteiger partial charge in [0, 0.05) is 26.3 Å². The van der Waals surface area contributed by atoms with Gasteiger partial charge in [0.05, 0.1) is 17.9 Å². The molecule has 3 aromatic rings. The summed E-state index contributed by atoms with van der Waals surface area (Å²) in [5.41, 5.74) is -0.166. The molecule has 8 nitrogen and oxygen atoms in total. The van der Waals surface area contributed by atoms with E-state index in [4.69, 9.17) is 4.74 Å². The number of halogens is 3. The van der Waals surface area contributed by atoms with Crippen LogP contribution >= 0.6 is 0 Å². The van der Waals surface area contributed by atoms with Crippen molar-refractivity contribution in [1.82, 2.24) is 19.6 Å². The average Bonchev–Trinajstić information content (AvgIpc) is 3.16. The van der Waals surface area contributed by atoms with Crippen LogP contribution in [0.15, 0.2) is 36.7 Å². The zero-order chi connectivity index (χ0) is 21.4. The summed E-state index contributed by atoms with van der Waals surface area (Å²) in [5, 5.41) is 15.3. The molecule has 0 radical (unpaired) electrons. The van der Waals surface area contributed by atoms with Crippen LogP contribution in [0.3, 0.4) is 0 Å². The second-order valence-corrected chi connectivity index (χ2v) is 7.10. The smallest absolute Gasteiger partial charge is 0.406 e. The Bertz CT molecular complexity index is 1030. The maximum absolute atomic E-state index is 12.5. The molecule has 160 valence electrons. The lowest BCUT2D eigenvalue weighted by Gasteiger charge is -2.39. The fraction of sp³-hybridized carbons (Fsp3) is 0.421. The maximum Gasteiger partial charge on any atom is 0.573 e. The monoisotopic (exact) mass is 423 g/mol. The lowest BCUT2D eigenvalue weighted by molar-refractivity contribution is -0.274. The van der Waals surface area contributed by atoms with E-state index in [-0.39, 0.29) is 5.75 Å². The molecule has 11 heteroatoms. The van der Waals surface area contributed by atoms with Crippen LogP contribution in [0.1, 0.15) is 24.1 Å². The Morgan fingerprint density at radius 3 is 2.67 bits per heavy atom. The lowest BCUT2D eigenvalue weighted by Crippen LogP contribution is -2.43. The summed E-state index contributed by atoms with van der Waals surface area (Å²) in [4.78, 5) is 10.5. The topological polar surface area (TPSA) is 85.0 Å². The Labute approximate surface area is 169 Å². The molecule has 2 aromatic heterocycles. The standard InChI is InChI=1S/C19H20F3N5O3/c1-29-11-14-10-16(27-17(25-14)23-12-24-27)26-7-5-18(28,6-8-26)13-3-2-4-15(9-13)30-19(20,21)22/h2-4,9-10,12,28H,5-8,11H2,1H3. The Morgan fingerprint density at radius 2 is 1.97 bits per heavy atom. The minimum atomic E-state index is -4.78. The van der Waals surface area contributed by atoms with Crippen molar-refractivity contribution in [2.24, 2.45) is 0 Å². The van der Waals surface area contributed by atoms with Crippen LogP contribution in [-0.4, -0.2) is 51.3 Å². The van der Waals surface area contributed by atoms with E-state index in [2.05, 4.69) is 19.8 Å². The molecule has 4 rings (SSSR count). The third-order valence-corrected chi connectivity index (χ3v) is 5.10. The van der Waals surface area contributed by atoms with Crippen LogP contribution in [0.25, 0.3) is 5.78 Å². The number of methoxy groups -OCH3 is 1. The summed E-state index contributed by atoms with van der Waals surface area (Å²) in [5.74, 6) is 0.858. The number of hydrogen-bond acceptors (Lipinski definition) is 7. The molecule has 0 bridgehead atoms. The van der Waals surface area contributed by atoms with E-state index < -0.39 is 12.0 Å². The Balaban J connectivity index is 1.55. The van der Waals surface area contributed by atoms with Crippen molar-refractivity contribution in [1.29, 1.82) is 0 Å². The molecule has 1 fully saturated rings. The van der Waals surface area contributed by atoms with Gasteiger partial charge in [0.1, 0.15) is 17.9 Å². The second-order valence-electron chi connectivity index (χ2n) is 7.10. The summed E-state index contributed by atoms with van der Waals surface area (Å²) in [6.45, 7) is 1.25. The summed E-state index contributed by atoms with van der Waals surface area (Å²) >= 11 is 0.